The summed E-state index contributed by atoms with van der Waals surface area (Å²) in [5, 5.41) is 19.9. The predicted octanol–water partition coefficient (Wildman–Crippen LogP) is -0.305. The molecule has 0 amide bonds. The lowest BCUT2D eigenvalue weighted by atomic mass is 10.1. The highest BCUT2D eigenvalue weighted by atomic mass is 32.1. The first kappa shape index (κ1) is 28.2. The van der Waals surface area contributed by atoms with Crippen molar-refractivity contribution in [3.05, 3.63) is 33.0 Å². The minimum atomic E-state index is -5.80. The highest BCUT2D eigenvalue weighted by Gasteiger charge is 2.46. The summed E-state index contributed by atoms with van der Waals surface area (Å²) in [5.74, 6) is -3.36. The third-order valence-electron chi connectivity index (χ3n) is 4.25. The first-order valence-corrected chi connectivity index (χ1v) is 13.6. The number of hydrogen-bond acceptors (Lipinski definition) is 12. The number of pyridine rings is 1. The summed E-state index contributed by atoms with van der Waals surface area (Å²) >= 11 is 4.96. The second kappa shape index (κ2) is 9.85. The third-order valence-corrected chi connectivity index (χ3v) is 8.35. The van der Waals surface area contributed by atoms with E-state index in [1.807, 2.05) is 4.98 Å². The quantitative estimate of drug-likeness (QED) is 0.119. The molecule has 2 aromatic heterocycles. The van der Waals surface area contributed by atoms with Crippen molar-refractivity contribution in [3.63, 3.8) is 0 Å². The van der Waals surface area contributed by atoms with E-state index in [1.54, 1.807) is 0 Å². The maximum atomic E-state index is 13.6. The average Bonchev–Trinajstić information content (AvgIpc) is 2.96. The van der Waals surface area contributed by atoms with Crippen LogP contribution in [0.1, 0.15) is 6.23 Å². The van der Waals surface area contributed by atoms with Crippen LogP contribution in [0.4, 0.5) is 8.78 Å². The smallest absolute Gasteiger partial charge is 0.387 e. The van der Waals surface area contributed by atoms with Gasteiger partial charge in [0.05, 0.1) is 12.0 Å². The fourth-order valence-corrected chi connectivity index (χ4v) is 6.13. The monoisotopic (exact) mass is 587 g/mol. The van der Waals surface area contributed by atoms with Crippen molar-refractivity contribution >= 4 is 46.7 Å². The van der Waals surface area contributed by atoms with Crippen LogP contribution in [0.15, 0.2) is 11.0 Å². The number of phosphoric acid groups is 3. The van der Waals surface area contributed by atoms with Gasteiger partial charge >= 0.3 is 23.5 Å². The molecule has 35 heavy (non-hydrogen) atoms. The van der Waals surface area contributed by atoms with Crippen LogP contribution in [0.3, 0.4) is 0 Å². The molecule has 0 spiro atoms. The molecule has 3 rings (SSSR count). The fourth-order valence-electron chi connectivity index (χ4n) is 2.86. The van der Waals surface area contributed by atoms with E-state index in [4.69, 9.17) is 31.6 Å². The molecule has 196 valence electrons. The van der Waals surface area contributed by atoms with Crippen LogP contribution in [0.25, 0.3) is 11.0 Å². The van der Waals surface area contributed by atoms with Crippen LogP contribution >= 0.6 is 35.7 Å². The van der Waals surface area contributed by atoms with Gasteiger partial charge in [-0.2, -0.15) is 17.4 Å². The van der Waals surface area contributed by atoms with E-state index in [0.29, 0.717) is 0 Å². The number of rotatable bonds is 8. The summed E-state index contributed by atoms with van der Waals surface area (Å²) in [6.45, 7) is -1.12. The molecule has 1 fully saturated rings. The molecule has 23 heteroatoms. The van der Waals surface area contributed by atoms with Crippen molar-refractivity contribution in [1.29, 1.82) is 0 Å². The molecule has 1 saturated heterocycles. The Labute approximate surface area is 196 Å². The van der Waals surface area contributed by atoms with Crippen LogP contribution in [-0.4, -0.2) is 69.2 Å². The molecule has 17 nitrogen and oxygen atoms in total. The fraction of sp³-hybridized carbons (Fsp3) is 0.417. The number of fused-ring (bicyclic) bond motifs is 1. The van der Waals surface area contributed by atoms with Gasteiger partial charge in [0.2, 0.25) is 22.0 Å². The lowest BCUT2D eigenvalue weighted by Gasteiger charge is -2.19. The molecule has 0 aromatic carbocycles. The Hall–Kier alpha value is -1.34. The molecule has 0 bridgehead atoms. The number of nitrogens with one attached hydrogen (secondary N) is 1. The van der Waals surface area contributed by atoms with Crippen LogP contribution < -0.4 is 5.43 Å². The van der Waals surface area contributed by atoms with Gasteiger partial charge in [-0.3, -0.25) is 13.9 Å². The summed E-state index contributed by atoms with van der Waals surface area (Å²) in [6, 6.07) is 0. The Bertz CT molecular complexity index is 1410. The van der Waals surface area contributed by atoms with Crippen LogP contribution in [0.2, 0.25) is 0 Å². The van der Waals surface area contributed by atoms with E-state index >= 15 is 0 Å². The number of nitrogens with zero attached hydrogens (tertiary/aromatic N) is 2. The lowest BCUT2D eigenvalue weighted by Crippen LogP contribution is -2.33. The number of aliphatic hydroxyl groups excluding tert-OH is 2. The predicted molar refractivity (Wildman–Crippen MR) is 107 cm³/mol. The average molecular weight is 587 g/mol. The highest BCUT2D eigenvalue weighted by molar-refractivity contribution is 7.71. The van der Waals surface area contributed by atoms with Crippen molar-refractivity contribution < 1.29 is 70.1 Å². The molecular formula is C12H14F2N3O14P3S. The summed E-state index contributed by atoms with van der Waals surface area (Å²) in [7, 11) is -17.0. The SMILES string of the molecule is O=c1c(F)c(F)[nH]c2nc(=S)n([C@@H]3O[C@H](COP(=O)(O)OP(=O)(O)OP(=O)(O)O)C(O)[C@@H]3O)cc12. The summed E-state index contributed by atoms with van der Waals surface area (Å²) in [6.07, 6.45) is -6.21. The Morgan fingerprint density at radius 2 is 1.74 bits per heavy atom. The van der Waals surface area contributed by atoms with Gasteiger partial charge < -0.3 is 39.5 Å². The number of H-pyrrole nitrogens is 1. The van der Waals surface area contributed by atoms with Crippen LogP contribution in [0, 0.1) is 16.5 Å². The zero-order valence-electron chi connectivity index (χ0n) is 16.4. The minimum Gasteiger partial charge on any atom is -0.387 e. The maximum Gasteiger partial charge on any atom is 0.490 e. The number of ether oxygens (including phenoxy) is 1. The van der Waals surface area contributed by atoms with Gasteiger partial charge in [-0.25, -0.2) is 18.7 Å². The van der Waals surface area contributed by atoms with Gasteiger partial charge in [-0.15, -0.1) is 0 Å². The van der Waals surface area contributed by atoms with E-state index in [2.05, 4.69) is 18.1 Å². The lowest BCUT2D eigenvalue weighted by molar-refractivity contribution is -0.0530. The third kappa shape index (κ3) is 6.51. The summed E-state index contributed by atoms with van der Waals surface area (Å²) in [4.78, 5) is 53.2. The first-order valence-electron chi connectivity index (χ1n) is 8.71. The second-order valence-corrected chi connectivity index (χ2v) is 11.5. The standard InChI is InChI=1S/C12H14F2N3O14P3S/c13-5-6(18)3-1-17(12(35)16-10(3)15-9(5)14)11-8(20)7(19)4(29-11)2-28-33(24,25)31-34(26,27)30-32(21,22)23/h1,4,7-8,11,19-20H,2H2,(H,24,25)(H,26,27)(H,15,16,35)(H2,21,22,23)/t4-,7?,8+,11-/m1/s1. The van der Waals surface area contributed by atoms with E-state index in [0.717, 1.165) is 10.8 Å². The van der Waals surface area contributed by atoms with Crippen molar-refractivity contribution in [2.75, 3.05) is 6.61 Å². The zero-order chi connectivity index (χ0) is 26.5. The largest absolute Gasteiger partial charge is 0.490 e. The number of hydrogen-bond donors (Lipinski definition) is 7. The molecule has 0 saturated carbocycles. The van der Waals surface area contributed by atoms with Crippen molar-refractivity contribution in [2.24, 2.45) is 0 Å². The number of aliphatic hydroxyl groups is 2. The number of aromatic amines is 1. The van der Waals surface area contributed by atoms with Crippen LogP contribution in [-0.2, 0) is 31.6 Å². The van der Waals surface area contributed by atoms with E-state index in [1.165, 1.54) is 0 Å². The van der Waals surface area contributed by atoms with E-state index < -0.39 is 87.6 Å². The normalized spacial score (nSPS) is 26.5. The van der Waals surface area contributed by atoms with E-state index in [-0.39, 0.29) is 0 Å². The zero-order valence-corrected chi connectivity index (χ0v) is 19.9. The van der Waals surface area contributed by atoms with Gasteiger partial charge in [-0.05, 0) is 12.2 Å². The van der Waals surface area contributed by atoms with Gasteiger partial charge in [0.1, 0.15) is 24.0 Å². The van der Waals surface area contributed by atoms with Gasteiger partial charge in [0.25, 0.3) is 0 Å². The number of phosphoric ester groups is 1. The topological polar surface area (TPSA) is 260 Å². The molecule has 3 unspecified atom stereocenters. The molecular weight excluding hydrogens is 573 g/mol. The molecule has 0 aliphatic carbocycles. The molecule has 0 radical (unpaired) electrons. The van der Waals surface area contributed by atoms with Crippen molar-refractivity contribution in [3.8, 4) is 0 Å². The Kier molecular flexibility index (Phi) is 7.94. The first-order chi connectivity index (χ1) is 15.9. The summed E-state index contributed by atoms with van der Waals surface area (Å²) < 4.78 is 77.9. The molecule has 6 atom stereocenters. The Morgan fingerprint density at radius 1 is 1.11 bits per heavy atom. The van der Waals surface area contributed by atoms with Crippen molar-refractivity contribution in [2.45, 2.75) is 24.5 Å². The van der Waals surface area contributed by atoms with E-state index in [9.17, 15) is 42.4 Å². The van der Waals surface area contributed by atoms with Crippen molar-refractivity contribution in [1.82, 2.24) is 14.5 Å². The summed E-state index contributed by atoms with van der Waals surface area (Å²) in [5.41, 5.74) is -1.85. The Morgan fingerprint density at radius 3 is 2.34 bits per heavy atom. The second-order valence-electron chi connectivity index (χ2n) is 6.71. The molecule has 3 heterocycles. The highest BCUT2D eigenvalue weighted by Crippen LogP contribution is 2.66. The van der Waals surface area contributed by atoms with Gasteiger partial charge in [0, 0.05) is 6.20 Å². The number of aromatic nitrogens is 3. The maximum absolute atomic E-state index is 13.6. The van der Waals surface area contributed by atoms with Gasteiger partial charge in [-0.1, -0.05) is 0 Å². The minimum absolute atomic E-state index is 0.438. The number of halogens is 2. The molecule has 7 N–H and O–H groups in total. The van der Waals surface area contributed by atoms with Crippen LogP contribution in [0.5, 0.6) is 0 Å². The van der Waals surface area contributed by atoms with Gasteiger partial charge in [0.15, 0.2) is 6.23 Å². The molecule has 1 aliphatic heterocycles. The Balaban J connectivity index is 1.80. The molecule has 2 aromatic rings. The molecule has 1 aliphatic rings.